The number of rotatable bonds is 6. The van der Waals surface area contributed by atoms with E-state index in [1.54, 1.807) is 38.1 Å². The van der Waals surface area contributed by atoms with E-state index < -0.39 is 12.0 Å². The number of likely N-dealkylation sites (N-methyl/N-ethyl adjacent to an activating group) is 1. The molecule has 6 nitrogen and oxygen atoms in total. The summed E-state index contributed by atoms with van der Waals surface area (Å²) >= 11 is 0. The van der Waals surface area contributed by atoms with E-state index in [1.807, 2.05) is 24.3 Å². The molecule has 0 saturated heterocycles. The standard InChI is InChI=1S/C13H20N4O2/c1-16(2)12(13(18)19)9-10-5-7-11(8-6-10)14-15-17(3)4/h5-8,12H,9H2,1-4H3,(H,18,19)/t12-/m0/s1. The van der Waals surface area contributed by atoms with Gasteiger partial charge in [-0.2, -0.15) is 0 Å². The number of carboxylic acids is 1. The van der Waals surface area contributed by atoms with E-state index in [1.165, 1.54) is 0 Å². The van der Waals surface area contributed by atoms with Crippen molar-refractivity contribution >= 4 is 11.7 Å². The van der Waals surface area contributed by atoms with E-state index in [-0.39, 0.29) is 0 Å². The molecule has 6 heteroatoms. The minimum atomic E-state index is -0.818. The lowest BCUT2D eigenvalue weighted by Gasteiger charge is -2.19. The van der Waals surface area contributed by atoms with E-state index in [2.05, 4.69) is 10.3 Å². The molecule has 0 aliphatic heterocycles. The summed E-state index contributed by atoms with van der Waals surface area (Å²) in [6, 6.07) is 6.90. The molecule has 0 fully saturated rings. The second-order valence-electron chi connectivity index (χ2n) is 4.72. The number of benzene rings is 1. The van der Waals surface area contributed by atoms with Gasteiger partial charge in [-0.05, 0) is 38.2 Å². The molecule has 0 unspecified atom stereocenters. The third-order valence-corrected chi connectivity index (χ3v) is 2.61. The molecule has 1 aromatic rings. The Bertz CT molecular complexity index is 440. The maximum absolute atomic E-state index is 11.1. The molecular formula is C13H20N4O2. The van der Waals surface area contributed by atoms with E-state index in [9.17, 15) is 4.79 Å². The predicted octanol–water partition coefficient (Wildman–Crippen LogP) is 1.80. The van der Waals surface area contributed by atoms with Gasteiger partial charge >= 0.3 is 5.97 Å². The number of nitrogens with zero attached hydrogens (tertiary/aromatic N) is 4. The lowest BCUT2D eigenvalue weighted by molar-refractivity contribution is -0.142. The van der Waals surface area contributed by atoms with Crippen molar-refractivity contribution in [3.63, 3.8) is 0 Å². The summed E-state index contributed by atoms with van der Waals surface area (Å²) in [5.74, 6) is -0.818. The Labute approximate surface area is 113 Å². The van der Waals surface area contributed by atoms with Crippen molar-refractivity contribution in [3.05, 3.63) is 29.8 Å². The highest BCUT2D eigenvalue weighted by Gasteiger charge is 2.19. The Kier molecular flexibility index (Phi) is 5.44. The SMILES string of the molecule is CN(C)N=Nc1ccc(C[C@@H](C(=O)O)N(C)C)cc1. The molecule has 19 heavy (non-hydrogen) atoms. The summed E-state index contributed by atoms with van der Waals surface area (Å²) < 4.78 is 0. The molecular weight excluding hydrogens is 244 g/mol. The topological polar surface area (TPSA) is 68.5 Å². The molecule has 1 N–H and O–H groups in total. The molecule has 0 radical (unpaired) electrons. The van der Waals surface area contributed by atoms with E-state index >= 15 is 0 Å². The first kappa shape index (κ1) is 15.1. The first-order valence-electron chi connectivity index (χ1n) is 5.97. The minimum Gasteiger partial charge on any atom is -0.480 e. The van der Waals surface area contributed by atoms with Crippen molar-refractivity contribution in [1.82, 2.24) is 9.91 Å². The van der Waals surface area contributed by atoms with Crippen LogP contribution in [0.5, 0.6) is 0 Å². The predicted molar refractivity (Wildman–Crippen MR) is 73.5 cm³/mol. The third-order valence-electron chi connectivity index (χ3n) is 2.61. The molecule has 0 aliphatic carbocycles. The van der Waals surface area contributed by atoms with Gasteiger partial charge < -0.3 is 5.11 Å². The molecule has 0 heterocycles. The summed E-state index contributed by atoms with van der Waals surface area (Å²) in [6.07, 6.45) is 0.466. The van der Waals surface area contributed by atoms with Crippen molar-refractivity contribution in [3.8, 4) is 0 Å². The molecule has 1 aromatic carbocycles. The highest BCUT2D eigenvalue weighted by atomic mass is 16.4. The van der Waals surface area contributed by atoms with Crippen LogP contribution in [0.2, 0.25) is 0 Å². The fourth-order valence-corrected chi connectivity index (χ4v) is 1.55. The van der Waals surface area contributed by atoms with Gasteiger partial charge in [0.2, 0.25) is 0 Å². The number of hydrogen-bond acceptors (Lipinski definition) is 4. The van der Waals surface area contributed by atoms with Crippen molar-refractivity contribution in [2.75, 3.05) is 28.2 Å². The second-order valence-corrected chi connectivity index (χ2v) is 4.72. The zero-order chi connectivity index (χ0) is 14.4. The molecule has 0 amide bonds. The average Bonchev–Trinajstić information content (AvgIpc) is 2.34. The fraction of sp³-hybridized carbons (Fsp3) is 0.462. The van der Waals surface area contributed by atoms with Gasteiger partial charge in [0, 0.05) is 14.1 Å². The van der Waals surface area contributed by atoms with Crippen molar-refractivity contribution < 1.29 is 9.90 Å². The summed E-state index contributed by atoms with van der Waals surface area (Å²) in [5.41, 5.74) is 1.71. The quantitative estimate of drug-likeness (QED) is 0.628. The van der Waals surface area contributed by atoms with Gasteiger partial charge in [0.05, 0.1) is 5.69 Å². The molecule has 0 saturated carbocycles. The molecule has 1 atom stereocenters. The first-order chi connectivity index (χ1) is 8.90. The van der Waals surface area contributed by atoms with Crippen LogP contribution in [-0.2, 0) is 11.2 Å². The zero-order valence-electron chi connectivity index (χ0n) is 11.7. The van der Waals surface area contributed by atoms with Gasteiger partial charge in [-0.25, -0.2) is 0 Å². The summed E-state index contributed by atoms with van der Waals surface area (Å²) in [4.78, 5) is 12.8. The second kappa shape index (κ2) is 6.84. The van der Waals surface area contributed by atoms with E-state index in [0.717, 1.165) is 11.3 Å². The molecule has 0 bridgehead atoms. The smallest absolute Gasteiger partial charge is 0.321 e. The minimum absolute atomic E-state index is 0.466. The maximum atomic E-state index is 11.1. The van der Waals surface area contributed by atoms with Crippen LogP contribution >= 0.6 is 0 Å². The van der Waals surface area contributed by atoms with Crippen LogP contribution in [0.4, 0.5) is 5.69 Å². The average molecular weight is 264 g/mol. The molecule has 104 valence electrons. The Morgan fingerprint density at radius 3 is 2.21 bits per heavy atom. The van der Waals surface area contributed by atoms with Gasteiger partial charge in [-0.1, -0.05) is 17.4 Å². The zero-order valence-corrected chi connectivity index (χ0v) is 11.7. The fourth-order valence-electron chi connectivity index (χ4n) is 1.55. The number of carboxylic acid groups (broad SMARTS) is 1. The Morgan fingerprint density at radius 1 is 1.21 bits per heavy atom. The van der Waals surface area contributed by atoms with E-state index in [0.29, 0.717) is 6.42 Å². The highest BCUT2D eigenvalue weighted by Crippen LogP contribution is 2.15. The Balaban J connectivity index is 2.73. The summed E-state index contributed by atoms with van der Waals surface area (Å²) in [6.45, 7) is 0. The third kappa shape index (κ3) is 5.05. The van der Waals surface area contributed by atoms with Crippen molar-refractivity contribution in [2.45, 2.75) is 12.5 Å². The van der Waals surface area contributed by atoms with E-state index in [4.69, 9.17) is 5.11 Å². The lowest BCUT2D eigenvalue weighted by Crippen LogP contribution is -2.37. The van der Waals surface area contributed by atoms with Crippen LogP contribution in [0.15, 0.2) is 34.6 Å². The van der Waals surface area contributed by atoms with Gasteiger partial charge in [0.1, 0.15) is 6.04 Å². The van der Waals surface area contributed by atoms with Crippen LogP contribution in [0, 0.1) is 0 Å². The largest absolute Gasteiger partial charge is 0.480 e. The number of aliphatic carboxylic acids is 1. The number of hydrogen-bond donors (Lipinski definition) is 1. The Hall–Kier alpha value is -1.95. The number of carbonyl (C=O) groups is 1. The van der Waals surface area contributed by atoms with Crippen LogP contribution in [-0.4, -0.2) is 55.2 Å². The van der Waals surface area contributed by atoms with Gasteiger partial charge in [0.25, 0.3) is 0 Å². The molecule has 0 spiro atoms. The normalized spacial score (nSPS) is 12.9. The van der Waals surface area contributed by atoms with Gasteiger partial charge in [-0.15, -0.1) is 5.11 Å². The molecule has 0 aromatic heterocycles. The van der Waals surface area contributed by atoms with Gasteiger partial charge in [-0.3, -0.25) is 14.7 Å². The van der Waals surface area contributed by atoms with Crippen LogP contribution < -0.4 is 0 Å². The van der Waals surface area contributed by atoms with Crippen LogP contribution in [0.1, 0.15) is 5.56 Å². The highest BCUT2D eigenvalue weighted by molar-refractivity contribution is 5.73. The monoisotopic (exact) mass is 264 g/mol. The first-order valence-corrected chi connectivity index (χ1v) is 5.97. The summed E-state index contributed by atoms with van der Waals surface area (Å²) in [7, 11) is 7.12. The van der Waals surface area contributed by atoms with Gasteiger partial charge in [0.15, 0.2) is 0 Å². The van der Waals surface area contributed by atoms with Crippen LogP contribution in [0.3, 0.4) is 0 Å². The molecule has 0 aliphatic rings. The lowest BCUT2D eigenvalue weighted by atomic mass is 10.1. The van der Waals surface area contributed by atoms with Crippen LogP contribution in [0.25, 0.3) is 0 Å². The Morgan fingerprint density at radius 2 is 1.79 bits per heavy atom. The van der Waals surface area contributed by atoms with Crippen molar-refractivity contribution in [1.29, 1.82) is 0 Å². The maximum Gasteiger partial charge on any atom is 0.321 e. The van der Waals surface area contributed by atoms with Crippen molar-refractivity contribution in [2.24, 2.45) is 10.3 Å². The summed E-state index contributed by atoms with van der Waals surface area (Å²) in [5, 5.41) is 18.7. The molecule has 1 rings (SSSR count).